The fraction of sp³-hybridized carbons (Fsp3) is 0.857. The average Bonchev–Trinajstić information content (AvgIpc) is 2.86. The van der Waals surface area contributed by atoms with E-state index in [1.54, 1.807) is 0 Å². The molecule has 102 valence electrons. The highest BCUT2D eigenvalue weighted by molar-refractivity contribution is 5.83. The Balaban J connectivity index is 1.83. The maximum Gasteiger partial charge on any atom is 0.326 e. The van der Waals surface area contributed by atoms with Gasteiger partial charge >= 0.3 is 5.97 Å². The van der Waals surface area contributed by atoms with E-state index in [0.29, 0.717) is 18.3 Å². The Morgan fingerprint density at radius 2 is 2.00 bits per heavy atom. The molecule has 4 nitrogen and oxygen atoms in total. The zero-order chi connectivity index (χ0) is 13.3. The molecule has 2 bridgehead atoms. The average molecular weight is 253 g/mol. The Hall–Kier alpha value is -1.06. The first kappa shape index (κ1) is 13.4. The van der Waals surface area contributed by atoms with Gasteiger partial charge in [-0.3, -0.25) is 4.79 Å². The van der Waals surface area contributed by atoms with Crippen LogP contribution in [0.15, 0.2) is 0 Å². The third-order valence-corrected chi connectivity index (χ3v) is 4.58. The summed E-state index contributed by atoms with van der Waals surface area (Å²) >= 11 is 0. The lowest BCUT2D eigenvalue weighted by atomic mass is 9.86. The lowest BCUT2D eigenvalue weighted by molar-refractivity contribution is -0.143. The van der Waals surface area contributed by atoms with E-state index in [1.165, 1.54) is 19.3 Å². The van der Waals surface area contributed by atoms with E-state index in [9.17, 15) is 9.59 Å². The molecule has 0 heterocycles. The van der Waals surface area contributed by atoms with Crippen LogP contribution < -0.4 is 5.32 Å². The molecule has 2 aliphatic rings. The number of carboxylic acid groups (broad SMARTS) is 1. The summed E-state index contributed by atoms with van der Waals surface area (Å²) in [6, 6.07) is -0.754. The van der Waals surface area contributed by atoms with E-state index in [2.05, 4.69) is 5.32 Å². The predicted octanol–water partition coefficient (Wildman–Crippen LogP) is 2.04. The largest absolute Gasteiger partial charge is 0.480 e. The number of nitrogens with one attached hydrogen (secondary N) is 1. The topological polar surface area (TPSA) is 66.4 Å². The van der Waals surface area contributed by atoms with E-state index in [4.69, 9.17) is 5.11 Å². The summed E-state index contributed by atoms with van der Waals surface area (Å²) in [6.07, 6.45) is 5.54. The SMILES string of the molecule is CC(C)[C@@H](NC(=O)CC1CC2CCC1C2)C(=O)O. The Morgan fingerprint density at radius 3 is 2.44 bits per heavy atom. The molecule has 0 aromatic carbocycles. The molecule has 2 fully saturated rings. The third kappa shape index (κ3) is 2.85. The van der Waals surface area contributed by atoms with E-state index in [0.717, 1.165) is 12.3 Å². The zero-order valence-corrected chi connectivity index (χ0v) is 11.2. The van der Waals surface area contributed by atoms with Crippen molar-refractivity contribution in [1.29, 1.82) is 0 Å². The smallest absolute Gasteiger partial charge is 0.326 e. The first-order chi connectivity index (χ1) is 8.47. The van der Waals surface area contributed by atoms with Crippen molar-refractivity contribution in [2.45, 2.75) is 52.0 Å². The van der Waals surface area contributed by atoms with Gasteiger partial charge in [-0.05, 0) is 42.9 Å². The lowest BCUT2D eigenvalue weighted by Crippen LogP contribution is -2.45. The van der Waals surface area contributed by atoms with Crippen molar-refractivity contribution in [3.8, 4) is 0 Å². The number of hydrogen-bond donors (Lipinski definition) is 2. The molecule has 1 amide bonds. The van der Waals surface area contributed by atoms with Crippen LogP contribution in [0.4, 0.5) is 0 Å². The van der Waals surface area contributed by atoms with Crippen molar-refractivity contribution in [3.63, 3.8) is 0 Å². The number of amides is 1. The maximum absolute atomic E-state index is 11.9. The Bertz CT molecular complexity index is 340. The maximum atomic E-state index is 11.9. The van der Waals surface area contributed by atoms with Gasteiger partial charge in [0, 0.05) is 6.42 Å². The molecule has 0 aromatic heterocycles. The van der Waals surface area contributed by atoms with Gasteiger partial charge in [0.1, 0.15) is 6.04 Å². The van der Waals surface area contributed by atoms with Gasteiger partial charge in [-0.2, -0.15) is 0 Å². The van der Waals surface area contributed by atoms with Crippen LogP contribution >= 0.6 is 0 Å². The molecule has 18 heavy (non-hydrogen) atoms. The highest BCUT2D eigenvalue weighted by Gasteiger charge is 2.40. The van der Waals surface area contributed by atoms with Crippen molar-refractivity contribution in [2.75, 3.05) is 0 Å². The Kier molecular flexibility index (Phi) is 3.93. The number of rotatable bonds is 5. The quantitative estimate of drug-likeness (QED) is 0.788. The molecule has 3 unspecified atom stereocenters. The van der Waals surface area contributed by atoms with Crippen LogP contribution in [0.25, 0.3) is 0 Å². The normalized spacial score (nSPS) is 31.6. The van der Waals surface area contributed by atoms with Gasteiger partial charge in [-0.15, -0.1) is 0 Å². The van der Waals surface area contributed by atoms with E-state index < -0.39 is 12.0 Å². The van der Waals surface area contributed by atoms with Crippen LogP contribution in [-0.2, 0) is 9.59 Å². The summed E-state index contributed by atoms with van der Waals surface area (Å²) in [5.74, 6) is 0.924. The third-order valence-electron chi connectivity index (χ3n) is 4.58. The number of carbonyl (C=O) groups is 2. The van der Waals surface area contributed by atoms with Gasteiger partial charge in [-0.1, -0.05) is 20.3 Å². The van der Waals surface area contributed by atoms with Crippen LogP contribution in [0, 0.1) is 23.7 Å². The molecule has 0 spiro atoms. The summed E-state index contributed by atoms with van der Waals surface area (Å²) < 4.78 is 0. The van der Waals surface area contributed by atoms with Crippen molar-refractivity contribution in [1.82, 2.24) is 5.32 Å². The number of hydrogen-bond acceptors (Lipinski definition) is 2. The lowest BCUT2D eigenvalue weighted by Gasteiger charge is -2.23. The number of carbonyl (C=O) groups excluding carboxylic acids is 1. The highest BCUT2D eigenvalue weighted by atomic mass is 16.4. The molecule has 0 aliphatic heterocycles. The van der Waals surface area contributed by atoms with Crippen LogP contribution in [0.3, 0.4) is 0 Å². The van der Waals surface area contributed by atoms with Crippen molar-refractivity contribution in [3.05, 3.63) is 0 Å². The van der Waals surface area contributed by atoms with Crippen LogP contribution in [-0.4, -0.2) is 23.0 Å². The Labute approximate surface area is 108 Å². The monoisotopic (exact) mass is 253 g/mol. The first-order valence-electron chi connectivity index (χ1n) is 6.99. The van der Waals surface area contributed by atoms with Crippen LogP contribution in [0.1, 0.15) is 46.0 Å². The number of carboxylic acids is 1. The first-order valence-corrected chi connectivity index (χ1v) is 6.99. The molecule has 2 N–H and O–H groups in total. The number of fused-ring (bicyclic) bond motifs is 2. The molecule has 4 heteroatoms. The van der Waals surface area contributed by atoms with Gasteiger partial charge in [0.05, 0.1) is 0 Å². The van der Waals surface area contributed by atoms with E-state index in [1.807, 2.05) is 13.8 Å². The molecule has 2 saturated carbocycles. The van der Waals surface area contributed by atoms with Crippen LogP contribution in [0.2, 0.25) is 0 Å². The molecule has 2 aliphatic carbocycles. The summed E-state index contributed by atoms with van der Waals surface area (Å²) in [4.78, 5) is 22.9. The van der Waals surface area contributed by atoms with Crippen molar-refractivity contribution >= 4 is 11.9 Å². The molecular weight excluding hydrogens is 230 g/mol. The minimum atomic E-state index is -0.939. The van der Waals surface area contributed by atoms with Crippen molar-refractivity contribution < 1.29 is 14.7 Å². The van der Waals surface area contributed by atoms with E-state index >= 15 is 0 Å². The van der Waals surface area contributed by atoms with Gasteiger partial charge < -0.3 is 10.4 Å². The van der Waals surface area contributed by atoms with E-state index in [-0.39, 0.29) is 11.8 Å². The zero-order valence-electron chi connectivity index (χ0n) is 11.2. The molecule has 4 atom stereocenters. The fourth-order valence-electron chi connectivity index (χ4n) is 3.61. The number of aliphatic carboxylic acids is 1. The van der Waals surface area contributed by atoms with Gasteiger partial charge in [0.25, 0.3) is 0 Å². The minimum absolute atomic E-state index is 0.0773. The van der Waals surface area contributed by atoms with Crippen molar-refractivity contribution in [2.24, 2.45) is 23.7 Å². The molecule has 0 radical (unpaired) electrons. The standard InChI is InChI=1S/C14H23NO3/c1-8(2)13(14(17)18)15-12(16)7-11-6-9-3-4-10(11)5-9/h8-11,13H,3-7H2,1-2H3,(H,15,16)(H,17,18)/t9?,10?,11?,13-/m1/s1. The predicted molar refractivity (Wildman–Crippen MR) is 68.0 cm³/mol. The fourth-order valence-corrected chi connectivity index (χ4v) is 3.61. The van der Waals surface area contributed by atoms with Gasteiger partial charge in [0.2, 0.25) is 5.91 Å². The summed E-state index contributed by atoms with van der Waals surface area (Å²) in [5, 5.41) is 11.7. The second kappa shape index (κ2) is 5.29. The highest BCUT2D eigenvalue weighted by Crippen LogP contribution is 2.49. The second-order valence-electron chi connectivity index (χ2n) is 6.27. The second-order valence-corrected chi connectivity index (χ2v) is 6.27. The van der Waals surface area contributed by atoms with Gasteiger partial charge in [0.15, 0.2) is 0 Å². The summed E-state index contributed by atoms with van der Waals surface area (Å²) in [7, 11) is 0. The molecule has 0 aromatic rings. The van der Waals surface area contributed by atoms with Gasteiger partial charge in [-0.25, -0.2) is 4.79 Å². The molecule has 0 saturated heterocycles. The summed E-state index contributed by atoms with van der Waals surface area (Å²) in [5.41, 5.74) is 0. The molecular formula is C14H23NO3. The van der Waals surface area contributed by atoms with Crippen LogP contribution in [0.5, 0.6) is 0 Å². The molecule has 2 rings (SSSR count). The minimum Gasteiger partial charge on any atom is -0.480 e. The summed E-state index contributed by atoms with van der Waals surface area (Å²) in [6.45, 7) is 3.63. The Morgan fingerprint density at radius 1 is 1.28 bits per heavy atom.